The van der Waals surface area contributed by atoms with Crippen molar-refractivity contribution < 1.29 is 14.3 Å². The van der Waals surface area contributed by atoms with E-state index in [0.717, 1.165) is 17.0 Å². The molecule has 0 spiro atoms. The Morgan fingerprint density at radius 3 is 2.59 bits per heavy atom. The summed E-state index contributed by atoms with van der Waals surface area (Å²) in [6.07, 6.45) is 0.198. The van der Waals surface area contributed by atoms with Gasteiger partial charge in [-0.15, -0.1) is 0 Å². The van der Waals surface area contributed by atoms with Gasteiger partial charge < -0.3 is 9.47 Å². The number of nitrogens with zero attached hydrogens (tertiary/aromatic N) is 2. The largest absolute Gasteiger partial charge is 0.497 e. The maximum Gasteiger partial charge on any atom is 0.307 e. The molecule has 6 heteroatoms. The SMILES string of the molecule is CCOC(=O)CCn1nc(-c2ccc(OC)cc2)ccc1=N. The highest BCUT2D eigenvalue weighted by molar-refractivity contribution is 5.69. The molecule has 2 aromatic rings. The van der Waals surface area contributed by atoms with E-state index < -0.39 is 0 Å². The molecule has 6 nitrogen and oxygen atoms in total. The van der Waals surface area contributed by atoms with Crippen LogP contribution in [0.5, 0.6) is 5.75 Å². The molecule has 116 valence electrons. The Bertz CT molecular complexity index is 693. The number of hydrogen-bond donors (Lipinski definition) is 1. The summed E-state index contributed by atoms with van der Waals surface area (Å²) in [4.78, 5) is 11.4. The third-order valence-electron chi connectivity index (χ3n) is 3.12. The third-order valence-corrected chi connectivity index (χ3v) is 3.12. The Labute approximate surface area is 128 Å². The number of methoxy groups -OCH3 is 1. The molecule has 0 saturated carbocycles. The second kappa shape index (κ2) is 7.40. The van der Waals surface area contributed by atoms with Crippen LogP contribution in [0.25, 0.3) is 11.3 Å². The molecule has 1 heterocycles. The number of carbonyl (C=O) groups is 1. The molecule has 2 rings (SSSR count). The van der Waals surface area contributed by atoms with Gasteiger partial charge in [0.05, 0.1) is 32.4 Å². The predicted octanol–water partition coefficient (Wildman–Crippen LogP) is 1.99. The fraction of sp³-hybridized carbons (Fsp3) is 0.312. The van der Waals surface area contributed by atoms with E-state index in [-0.39, 0.29) is 17.9 Å². The van der Waals surface area contributed by atoms with E-state index in [0.29, 0.717) is 13.2 Å². The maximum atomic E-state index is 11.4. The fourth-order valence-electron chi connectivity index (χ4n) is 1.98. The molecule has 0 bridgehead atoms. The molecule has 0 aliphatic heterocycles. The molecular formula is C16H19N3O3. The molecule has 0 radical (unpaired) electrons. The highest BCUT2D eigenvalue weighted by atomic mass is 16.5. The average Bonchev–Trinajstić information content (AvgIpc) is 2.54. The lowest BCUT2D eigenvalue weighted by Gasteiger charge is -2.08. The van der Waals surface area contributed by atoms with E-state index >= 15 is 0 Å². The number of aromatic nitrogens is 2. The van der Waals surface area contributed by atoms with Gasteiger partial charge in [-0.1, -0.05) is 0 Å². The highest BCUT2D eigenvalue weighted by Gasteiger charge is 2.06. The van der Waals surface area contributed by atoms with Crippen LogP contribution in [0, 0.1) is 5.41 Å². The van der Waals surface area contributed by atoms with Crippen molar-refractivity contribution in [3.05, 3.63) is 41.9 Å². The first-order valence-corrected chi connectivity index (χ1v) is 7.07. The summed E-state index contributed by atoms with van der Waals surface area (Å²) >= 11 is 0. The highest BCUT2D eigenvalue weighted by Crippen LogP contribution is 2.19. The van der Waals surface area contributed by atoms with Crippen LogP contribution in [0.4, 0.5) is 0 Å². The van der Waals surface area contributed by atoms with E-state index in [1.54, 1.807) is 26.2 Å². The van der Waals surface area contributed by atoms with Crippen LogP contribution in [0.15, 0.2) is 36.4 Å². The maximum absolute atomic E-state index is 11.4. The van der Waals surface area contributed by atoms with Crippen molar-refractivity contribution in [2.24, 2.45) is 0 Å². The molecule has 0 aliphatic rings. The molecule has 0 fully saturated rings. The smallest absolute Gasteiger partial charge is 0.307 e. The molecule has 0 unspecified atom stereocenters. The molecule has 0 amide bonds. The molecule has 0 atom stereocenters. The fourth-order valence-corrected chi connectivity index (χ4v) is 1.98. The standard InChI is InChI=1S/C16H19N3O3/c1-3-22-16(20)10-11-19-15(17)9-8-14(18-19)12-4-6-13(21-2)7-5-12/h4-9,17H,3,10-11H2,1-2H3. The van der Waals surface area contributed by atoms with Crippen LogP contribution in [-0.2, 0) is 16.1 Å². The van der Waals surface area contributed by atoms with Crippen LogP contribution >= 0.6 is 0 Å². The van der Waals surface area contributed by atoms with Gasteiger partial charge in [-0.2, -0.15) is 5.10 Å². The topological polar surface area (TPSA) is 77.2 Å². The molecule has 22 heavy (non-hydrogen) atoms. The van der Waals surface area contributed by atoms with Crippen molar-refractivity contribution in [1.29, 1.82) is 5.41 Å². The quantitative estimate of drug-likeness (QED) is 0.828. The summed E-state index contributed by atoms with van der Waals surface area (Å²) < 4.78 is 11.5. The van der Waals surface area contributed by atoms with Crippen LogP contribution < -0.4 is 10.2 Å². The monoisotopic (exact) mass is 301 g/mol. The molecule has 1 N–H and O–H groups in total. The van der Waals surface area contributed by atoms with E-state index in [9.17, 15) is 4.79 Å². The van der Waals surface area contributed by atoms with Gasteiger partial charge in [0.15, 0.2) is 0 Å². The summed E-state index contributed by atoms with van der Waals surface area (Å²) in [5.41, 5.74) is 1.91. The third kappa shape index (κ3) is 3.94. The summed E-state index contributed by atoms with van der Waals surface area (Å²) in [7, 11) is 1.62. The van der Waals surface area contributed by atoms with E-state index in [1.807, 2.05) is 24.3 Å². The zero-order valence-electron chi connectivity index (χ0n) is 12.7. The van der Waals surface area contributed by atoms with E-state index in [4.69, 9.17) is 14.9 Å². The predicted molar refractivity (Wildman–Crippen MR) is 81.3 cm³/mol. The van der Waals surface area contributed by atoms with Gasteiger partial charge in [0, 0.05) is 5.56 Å². The molecule has 0 aliphatic carbocycles. The van der Waals surface area contributed by atoms with Gasteiger partial charge in [-0.05, 0) is 43.3 Å². The van der Waals surface area contributed by atoms with Crippen molar-refractivity contribution in [2.75, 3.05) is 13.7 Å². The Hall–Kier alpha value is -2.63. The number of nitrogens with one attached hydrogen (secondary N) is 1. The molecule has 0 saturated heterocycles. The number of esters is 1. The Kier molecular flexibility index (Phi) is 5.30. The first kappa shape index (κ1) is 15.8. The van der Waals surface area contributed by atoms with Crippen LogP contribution in [0.2, 0.25) is 0 Å². The van der Waals surface area contributed by atoms with Gasteiger partial charge in [-0.3, -0.25) is 10.2 Å². The Balaban J connectivity index is 2.18. The number of ether oxygens (including phenoxy) is 2. The second-order valence-corrected chi connectivity index (χ2v) is 4.61. The van der Waals surface area contributed by atoms with Crippen LogP contribution in [0.1, 0.15) is 13.3 Å². The summed E-state index contributed by atoms with van der Waals surface area (Å²) in [6, 6.07) is 11.0. The number of benzene rings is 1. The first-order chi connectivity index (χ1) is 10.6. The number of hydrogen-bond acceptors (Lipinski definition) is 5. The van der Waals surface area contributed by atoms with Gasteiger partial charge in [0.2, 0.25) is 0 Å². The first-order valence-electron chi connectivity index (χ1n) is 7.07. The van der Waals surface area contributed by atoms with Gasteiger partial charge >= 0.3 is 5.97 Å². The molecular weight excluding hydrogens is 282 g/mol. The Morgan fingerprint density at radius 1 is 1.23 bits per heavy atom. The lowest BCUT2D eigenvalue weighted by atomic mass is 10.1. The lowest BCUT2D eigenvalue weighted by molar-refractivity contribution is -0.143. The molecule has 1 aromatic carbocycles. The minimum atomic E-state index is -0.286. The average molecular weight is 301 g/mol. The van der Waals surface area contributed by atoms with E-state index in [1.165, 1.54) is 4.68 Å². The van der Waals surface area contributed by atoms with Crippen molar-refractivity contribution in [3.63, 3.8) is 0 Å². The number of rotatable bonds is 6. The summed E-state index contributed by atoms with van der Waals surface area (Å²) in [5.74, 6) is 0.488. The number of aryl methyl sites for hydroxylation is 1. The minimum Gasteiger partial charge on any atom is -0.497 e. The minimum absolute atomic E-state index is 0.198. The van der Waals surface area contributed by atoms with Crippen molar-refractivity contribution >= 4 is 5.97 Å². The van der Waals surface area contributed by atoms with E-state index in [2.05, 4.69) is 5.10 Å². The number of carbonyl (C=O) groups excluding carboxylic acids is 1. The zero-order chi connectivity index (χ0) is 15.9. The van der Waals surface area contributed by atoms with Crippen molar-refractivity contribution in [2.45, 2.75) is 19.9 Å². The van der Waals surface area contributed by atoms with Crippen molar-refractivity contribution in [1.82, 2.24) is 9.78 Å². The van der Waals surface area contributed by atoms with Gasteiger partial charge in [-0.25, -0.2) is 4.68 Å². The Morgan fingerprint density at radius 2 is 1.95 bits per heavy atom. The van der Waals surface area contributed by atoms with Gasteiger partial charge in [0.1, 0.15) is 11.2 Å². The van der Waals surface area contributed by atoms with Crippen molar-refractivity contribution in [3.8, 4) is 17.0 Å². The summed E-state index contributed by atoms with van der Waals surface area (Å²) in [6.45, 7) is 2.45. The van der Waals surface area contributed by atoms with Crippen LogP contribution in [0.3, 0.4) is 0 Å². The lowest BCUT2D eigenvalue weighted by Crippen LogP contribution is -2.24. The normalized spacial score (nSPS) is 10.3. The summed E-state index contributed by atoms with van der Waals surface area (Å²) in [5, 5.41) is 12.3. The van der Waals surface area contributed by atoms with Crippen LogP contribution in [-0.4, -0.2) is 29.5 Å². The zero-order valence-corrected chi connectivity index (χ0v) is 12.7. The van der Waals surface area contributed by atoms with Gasteiger partial charge in [0.25, 0.3) is 0 Å². The molecule has 1 aromatic heterocycles. The second-order valence-electron chi connectivity index (χ2n) is 4.61.